The average Bonchev–Trinajstić information content (AvgIpc) is 2.32. The van der Waals surface area contributed by atoms with Crippen molar-refractivity contribution < 1.29 is 4.39 Å². The van der Waals surface area contributed by atoms with Crippen LogP contribution in [0.25, 0.3) is 0 Å². The van der Waals surface area contributed by atoms with Crippen LogP contribution in [0.1, 0.15) is 12.5 Å². The fourth-order valence-electron chi connectivity index (χ4n) is 1.90. The molecule has 3 heteroatoms. The molecule has 94 valence electrons. The molecule has 2 aromatic rings. The molecule has 0 bridgehead atoms. The second-order valence-electron chi connectivity index (χ2n) is 4.39. The van der Waals surface area contributed by atoms with Crippen LogP contribution in [0, 0.1) is 9.39 Å². The molecule has 0 saturated carbocycles. The van der Waals surface area contributed by atoms with E-state index in [2.05, 4.69) is 59.1 Å². The van der Waals surface area contributed by atoms with Crippen LogP contribution in [-0.2, 0) is 6.42 Å². The molecule has 0 heterocycles. The molecule has 0 amide bonds. The third kappa shape index (κ3) is 3.98. The summed E-state index contributed by atoms with van der Waals surface area (Å²) in [5, 5.41) is 3.41. The lowest BCUT2D eigenvalue weighted by molar-refractivity contribution is 0.624. The van der Waals surface area contributed by atoms with Crippen LogP contribution in [-0.4, -0.2) is 6.04 Å². The highest BCUT2D eigenvalue weighted by Gasteiger charge is 2.04. The van der Waals surface area contributed by atoms with E-state index in [-0.39, 0.29) is 11.9 Å². The van der Waals surface area contributed by atoms with Gasteiger partial charge in [0.05, 0.1) is 0 Å². The van der Waals surface area contributed by atoms with Crippen molar-refractivity contribution in [3.8, 4) is 0 Å². The Labute approximate surface area is 121 Å². The number of rotatable bonds is 4. The van der Waals surface area contributed by atoms with Crippen LogP contribution in [0.2, 0.25) is 0 Å². The molecule has 0 aliphatic carbocycles. The van der Waals surface area contributed by atoms with Gasteiger partial charge in [0.2, 0.25) is 0 Å². The summed E-state index contributed by atoms with van der Waals surface area (Å²) in [4.78, 5) is 0. The van der Waals surface area contributed by atoms with Gasteiger partial charge >= 0.3 is 0 Å². The Morgan fingerprint density at radius 2 is 1.89 bits per heavy atom. The molecule has 0 radical (unpaired) electrons. The molecule has 0 spiro atoms. The highest BCUT2D eigenvalue weighted by atomic mass is 127. The van der Waals surface area contributed by atoms with E-state index in [1.807, 2.05) is 6.07 Å². The van der Waals surface area contributed by atoms with E-state index in [1.165, 1.54) is 9.64 Å². The minimum absolute atomic E-state index is 0.172. The Bertz CT molecular complexity index is 510. The van der Waals surface area contributed by atoms with Gasteiger partial charge in [-0.2, -0.15) is 0 Å². The van der Waals surface area contributed by atoms with Gasteiger partial charge in [0.15, 0.2) is 0 Å². The van der Waals surface area contributed by atoms with Crippen molar-refractivity contribution in [2.75, 3.05) is 5.32 Å². The molecule has 18 heavy (non-hydrogen) atoms. The number of hydrogen-bond acceptors (Lipinski definition) is 1. The van der Waals surface area contributed by atoms with Crippen LogP contribution in [0.5, 0.6) is 0 Å². The van der Waals surface area contributed by atoms with Crippen LogP contribution in [0.15, 0.2) is 48.5 Å². The highest BCUT2D eigenvalue weighted by molar-refractivity contribution is 14.1. The van der Waals surface area contributed by atoms with E-state index in [1.54, 1.807) is 12.1 Å². The van der Waals surface area contributed by atoms with Crippen molar-refractivity contribution in [2.45, 2.75) is 19.4 Å². The third-order valence-corrected chi connectivity index (χ3v) is 3.41. The van der Waals surface area contributed by atoms with Gasteiger partial charge in [0.1, 0.15) is 5.82 Å². The lowest BCUT2D eigenvalue weighted by atomic mass is 10.1. The molecular weight excluding hydrogens is 340 g/mol. The third-order valence-electron chi connectivity index (χ3n) is 2.69. The summed E-state index contributed by atoms with van der Waals surface area (Å²) >= 11 is 2.28. The topological polar surface area (TPSA) is 12.0 Å². The van der Waals surface area contributed by atoms with Gasteiger partial charge in [0, 0.05) is 15.3 Å². The monoisotopic (exact) mass is 355 g/mol. The number of nitrogens with one attached hydrogen (secondary N) is 1. The van der Waals surface area contributed by atoms with Crippen molar-refractivity contribution in [1.82, 2.24) is 0 Å². The fraction of sp³-hybridized carbons (Fsp3) is 0.200. The molecular formula is C15H15FIN. The van der Waals surface area contributed by atoms with Crippen molar-refractivity contribution in [1.29, 1.82) is 0 Å². The standard InChI is InChI=1S/C15H15FIN/c1-11(9-12-3-2-4-13(16)10-12)18-15-7-5-14(17)6-8-15/h2-8,10-11,18H,9H2,1H3. The molecule has 1 unspecified atom stereocenters. The second kappa shape index (κ2) is 6.18. The van der Waals surface area contributed by atoms with E-state index >= 15 is 0 Å². The van der Waals surface area contributed by atoms with E-state index in [0.29, 0.717) is 0 Å². The Morgan fingerprint density at radius 1 is 1.17 bits per heavy atom. The number of anilines is 1. The summed E-state index contributed by atoms with van der Waals surface area (Å²) in [7, 11) is 0. The summed E-state index contributed by atoms with van der Waals surface area (Å²) in [6.45, 7) is 2.10. The SMILES string of the molecule is CC(Cc1cccc(F)c1)Nc1ccc(I)cc1. The van der Waals surface area contributed by atoms with Crippen molar-refractivity contribution in [3.63, 3.8) is 0 Å². The maximum absolute atomic E-state index is 13.1. The van der Waals surface area contributed by atoms with Crippen LogP contribution >= 0.6 is 22.6 Å². The quantitative estimate of drug-likeness (QED) is 0.798. The van der Waals surface area contributed by atoms with Gasteiger partial charge in [-0.05, 0) is 77.9 Å². The fourth-order valence-corrected chi connectivity index (χ4v) is 2.26. The van der Waals surface area contributed by atoms with Crippen molar-refractivity contribution in [2.24, 2.45) is 0 Å². The largest absolute Gasteiger partial charge is 0.382 e. The van der Waals surface area contributed by atoms with Crippen LogP contribution in [0.4, 0.5) is 10.1 Å². The van der Waals surface area contributed by atoms with Crippen LogP contribution < -0.4 is 5.32 Å². The zero-order valence-electron chi connectivity index (χ0n) is 10.2. The maximum atomic E-state index is 13.1. The summed E-state index contributed by atoms with van der Waals surface area (Å²) < 4.78 is 14.3. The van der Waals surface area contributed by atoms with Gasteiger partial charge in [-0.25, -0.2) is 4.39 Å². The molecule has 0 aliphatic heterocycles. The number of halogens is 2. The lowest BCUT2D eigenvalue weighted by Crippen LogP contribution is -2.18. The smallest absolute Gasteiger partial charge is 0.123 e. The average molecular weight is 355 g/mol. The highest BCUT2D eigenvalue weighted by Crippen LogP contribution is 2.14. The molecule has 0 aliphatic rings. The normalized spacial score (nSPS) is 12.2. The van der Waals surface area contributed by atoms with Gasteiger partial charge in [0.25, 0.3) is 0 Å². The lowest BCUT2D eigenvalue weighted by Gasteiger charge is -2.15. The van der Waals surface area contributed by atoms with E-state index < -0.39 is 0 Å². The molecule has 1 N–H and O–H groups in total. The summed E-state index contributed by atoms with van der Waals surface area (Å²) in [6.07, 6.45) is 0.809. The molecule has 2 aromatic carbocycles. The Morgan fingerprint density at radius 3 is 2.56 bits per heavy atom. The first-order valence-electron chi connectivity index (χ1n) is 5.90. The van der Waals surface area contributed by atoms with Gasteiger partial charge in [-0.3, -0.25) is 0 Å². The van der Waals surface area contributed by atoms with Gasteiger partial charge in [-0.15, -0.1) is 0 Å². The van der Waals surface area contributed by atoms with Gasteiger partial charge in [-0.1, -0.05) is 12.1 Å². The van der Waals surface area contributed by atoms with Crippen LogP contribution in [0.3, 0.4) is 0 Å². The van der Waals surface area contributed by atoms with E-state index in [4.69, 9.17) is 0 Å². The first-order valence-corrected chi connectivity index (χ1v) is 6.98. The predicted molar refractivity (Wildman–Crippen MR) is 82.3 cm³/mol. The molecule has 0 saturated heterocycles. The Hall–Kier alpha value is -1.10. The molecule has 0 aromatic heterocycles. The van der Waals surface area contributed by atoms with Crippen molar-refractivity contribution in [3.05, 3.63) is 63.5 Å². The molecule has 1 nitrogen and oxygen atoms in total. The minimum Gasteiger partial charge on any atom is -0.382 e. The van der Waals surface area contributed by atoms with E-state index in [0.717, 1.165) is 17.7 Å². The molecule has 0 fully saturated rings. The van der Waals surface area contributed by atoms with Crippen molar-refractivity contribution >= 4 is 28.3 Å². The first-order chi connectivity index (χ1) is 8.63. The summed E-state index contributed by atoms with van der Waals surface area (Å²) in [6, 6.07) is 15.3. The minimum atomic E-state index is -0.172. The van der Waals surface area contributed by atoms with E-state index in [9.17, 15) is 4.39 Å². The Kier molecular flexibility index (Phi) is 4.58. The summed E-state index contributed by atoms with van der Waals surface area (Å²) in [5.41, 5.74) is 2.11. The van der Waals surface area contributed by atoms with Gasteiger partial charge < -0.3 is 5.32 Å². The Balaban J connectivity index is 1.96. The number of hydrogen-bond donors (Lipinski definition) is 1. The summed E-state index contributed by atoms with van der Waals surface area (Å²) in [5.74, 6) is -0.172. The number of benzene rings is 2. The molecule has 2 rings (SSSR count). The first kappa shape index (κ1) is 13.3. The molecule has 1 atom stereocenters. The predicted octanol–water partition coefficient (Wildman–Crippen LogP) is 4.47. The zero-order valence-corrected chi connectivity index (χ0v) is 12.3. The maximum Gasteiger partial charge on any atom is 0.123 e. The zero-order chi connectivity index (χ0) is 13.0. The second-order valence-corrected chi connectivity index (χ2v) is 5.63.